The van der Waals surface area contributed by atoms with Crippen LogP contribution in [0.15, 0.2) is 42.5 Å². The second kappa shape index (κ2) is 5.08. The van der Waals surface area contributed by atoms with Crippen molar-refractivity contribution >= 4 is 5.69 Å². The van der Waals surface area contributed by atoms with Crippen LogP contribution >= 0.6 is 0 Å². The topological polar surface area (TPSA) is 32.3 Å². The van der Waals surface area contributed by atoms with E-state index in [1.54, 1.807) is 18.2 Å². The van der Waals surface area contributed by atoms with Crippen LogP contribution in [0.1, 0.15) is 24.1 Å². The van der Waals surface area contributed by atoms with Crippen molar-refractivity contribution in [1.82, 2.24) is 0 Å². The van der Waals surface area contributed by atoms with Gasteiger partial charge in [-0.15, -0.1) is 0 Å². The summed E-state index contributed by atoms with van der Waals surface area (Å²) in [6.45, 7) is 3.74. The van der Waals surface area contributed by atoms with E-state index in [1.807, 2.05) is 32.0 Å². The molecule has 2 aromatic rings. The normalized spacial score (nSPS) is 12.2. The van der Waals surface area contributed by atoms with Gasteiger partial charge in [0, 0.05) is 5.56 Å². The Balaban J connectivity index is 2.27. The largest absolute Gasteiger partial charge is 0.508 e. The molecule has 0 spiro atoms. The third-order valence-electron chi connectivity index (χ3n) is 2.99. The van der Waals surface area contributed by atoms with Crippen molar-refractivity contribution in [3.8, 4) is 5.75 Å². The second-order valence-electron chi connectivity index (χ2n) is 4.36. The summed E-state index contributed by atoms with van der Waals surface area (Å²) in [4.78, 5) is 0. The Kier molecular flexibility index (Phi) is 3.51. The molecule has 0 bridgehead atoms. The van der Waals surface area contributed by atoms with E-state index in [-0.39, 0.29) is 17.6 Å². The van der Waals surface area contributed by atoms with Crippen molar-refractivity contribution in [1.29, 1.82) is 0 Å². The zero-order chi connectivity index (χ0) is 13.1. The standard InChI is InChI=1S/C15H16FNO/c1-10-6-5-8-13(16)15(10)17-11(2)12-7-3-4-9-14(12)18/h3-9,11,17-18H,1-2H3. The van der Waals surface area contributed by atoms with Crippen molar-refractivity contribution < 1.29 is 9.50 Å². The average Bonchev–Trinajstić information content (AvgIpc) is 2.34. The molecule has 0 aliphatic rings. The fourth-order valence-corrected chi connectivity index (χ4v) is 1.96. The Morgan fingerprint density at radius 3 is 2.50 bits per heavy atom. The van der Waals surface area contributed by atoms with E-state index in [1.165, 1.54) is 6.07 Å². The molecule has 18 heavy (non-hydrogen) atoms. The molecule has 2 nitrogen and oxygen atoms in total. The van der Waals surface area contributed by atoms with Gasteiger partial charge in [0.2, 0.25) is 0 Å². The molecule has 2 N–H and O–H groups in total. The lowest BCUT2D eigenvalue weighted by atomic mass is 10.1. The molecule has 2 rings (SSSR count). The molecule has 0 radical (unpaired) electrons. The number of aryl methyl sites for hydroxylation is 1. The van der Waals surface area contributed by atoms with E-state index < -0.39 is 0 Å². The quantitative estimate of drug-likeness (QED) is 0.856. The molecule has 94 valence electrons. The molecular formula is C15H16FNO. The number of hydrogen-bond acceptors (Lipinski definition) is 2. The summed E-state index contributed by atoms with van der Waals surface area (Å²) < 4.78 is 13.7. The summed E-state index contributed by atoms with van der Waals surface area (Å²) in [6, 6.07) is 11.9. The lowest BCUT2D eigenvalue weighted by Crippen LogP contribution is -2.09. The minimum Gasteiger partial charge on any atom is -0.508 e. The zero-order valence-corrected chi connectivity index (χ0v) is 10.4. The van der Waals surface area contributed by atoms with Gasteiger partial charge in [-0.25, -0.2) is 4.39 Å². The Morgan fingerprint density at radius 2 is 1.83 bits per heavy atom. The summed E-state index contributed by atoms with van der Waals surface area (Å²) in [7, 11) is 0. The van der Waals surface area contributed by atoms with E-state index in [0.29, 0.717) is 5.69 Å². The van der Waals surface area contributed by atoms with Gasteiger partial charge in [0.05, 0.1) is 11.7 Å². The molecule has 3 heteroatoms. The number of phenols is 1. The SMILES string of the molecule is Cc1cccc(F)c1NC(C)c1ccccc1O. The Labute approximate surface area is 106 Å². The van der Waals surface area contributed by atoms with Gasteiger partial charge in [-0.2, -0.15) is 0 Å². The molecule has 0 amide bonds. The molecule has 2 aromatic carbocycles. The number of anilines is 1. The Hall–Kier alpha value is -2.03. The van der Waals surface area contributed by atoms with Crippen molar-refractivity contribution in [3.05, 3.63) is 59.4 Å². The molecule has 0 heterocycles. The van der Waals surface area contributed by atoms with Crippen molar-refractivity contribution in [2.75, 3.05) is 5.32 Å². The van der Waals surface area contributed by atoms with Gasteiger partial charge in [0.1, 0.15) is 11.6 Å². The number of benzene rings is 2. The number of para-hydroxylation sites is 2. The molecule has 0 aliphatic carbocycles. The summed E-state index contributed by atoms with van der Waals surface area (Å²) >= 11 is 0. The molecular weight excluding hydrogens is 229 g/mol. The number of phenolic OH excluding ortho intramolecular Hbond substituents is 1. The molecule has 1 atom stereocenters. The van der Waals surface area contributed by atoms with Crippen LogP contribution in [0, 0.1) is 12.7 Å². The van der Waals surface area contributed by atoms with E-state index in [2.05, 4.69) is 5.32 Å². The summed E-state index contributed by atoms with van der Waals surface area (Å²) in [5.74, 6) is -0.0660. The van der Waals surface area contributed by atoms with E-state index in [4.69, 9.17) is 0 Å². The smallest absolute Gasteiger partial charge is 0.146 e. The van der Waals surface area contributed by atoms with Crippen molar-refractivity contribution in [2.24, 2.45) is 0 Å². The summed E-state index contributed by atoms with van der Waals surface area (Å²) in [6.07, 6.45) is 0. The fourth-order valence-electron chi connectivity index (χ4n) is 1.96. The molecule has 0 saturated heterocycles. The third kappa shape index (κ3) is 2.45. The molecule has 0 saturated carbocycles. The molecule has 0 fully saturated rings. The van der Waals surface area contributed by atoms with Crippen LogP contribution in [-0.4, -0.2) is 5.11 Å². The predicted octanol–water partition coefficient (Wildman–Crippen LogP) is 4.01. The number of nitrogens with one attached hydrogen (secondary N) is 1. The number of aromatic hydroxyl groups is 1. The predicted molar refractivity (Wildman–Crippen MR) is 71.3 cm³/mol. The van der Waals surface area contributed by atoms with Gasteiger partial charge in [-0.3, -0.25) is 0 Å². The highest BCUT2D eigenvalue weighted by atomic mass is 19.1. The van der Waals surface area contributed by atoms with Gasteiger partial charge in [0.15, 0.2) is 0 Å². The number of halogens is 1. The van der Waals surface area contributed by atoms with Crippen LogP contribution in [0.3, 0.4) is 0 Å². The highest BCUT2D eigenvalue weighted by Gasteiger charge is 2.12. The first-order valence-electron chi connectivity index (χ1n) is 5.89. The first kappa shape index (κ1) is 12.4. The van der Waals surface area contributed by atoms with Crippen LogP contribution < -0.4 is 5.32 Å². The third-order valence-corrected chi connectivity index (χ3v) is 2.99. The number of hydrogen-bond donors (Lipinski definition) is 2. The second-order valence-corrected chi connectivity index (χ2v) is 4.36. The van der Waals surface area contributed by atoms with E-state index in [0.717, 1.165) is 11.1 Å². The van der Waals surface area contributed by atoms with Gasteiger partial charge in [0.25, 0.3) is 0 Å². The fraction of sp³-hybridized carbons (Fsp3) is 0.200. The summed E-state index contributed by atoms with van der Waals surface area (Å²) in [5.41, 5.74) is 2.07. The van der Waals surface area contributed by atoms with Crippen LogP contribution in [0.2, 0.25) is 0 Å². The minimum absolute atomic E-state index is 0.165. The maximum absolute atomic E-state index is 13.7. The first-order chi connectivity index (χ1) is 8.59. The van der Waals surface area contributed by atoms with Crippen LogP contribution in [0.25, 0.3) is 0 Å². The molecule has 0 aromatic heterocycles. The van der Waals surface area contributed by atoms with Gasteiger partial charge in [-0.1, -0.05) is 30.3 Å². The minimum atomic E-state index is -0.280. The van der Waals surface area contributed by atoms with Gasteiger partial charge < -0.3 is 10.4 Å². The summed E-state index contributed by atoms with van der Waals surface area (Å²) in [5, 5.41) is 12.9. The average molecular weight is 245 g/mol. The Bertz CT molecular complexity index is 534. The van der Waals surface area contributed by atoms with Gasteiger partial charge >= 0.3 is 0 Å². The zero-order valence-electron chi connectivity index (χ0n) is 10.4. The van der Waals surface area contributed by atoms with Crippen LogP contribution in [0.5, 0.6) is 5.75 Å². The van der Waals surface area contributed by atoms with Crippen molar-refractivity contribution in [2.45, 2.75) is 19.9 Å². The van der Waals surface area contributed by atoms with Crippen LogP contribution in [-0.2, 0) is 0 Å². The Morgan fingerprint density at radius 1 is 1.11 bits per heavy atom. The highest BCUT2D eigenvalue weighted by Crippen LogP contribution is 2.28. The van der Waals surface area contributed by atoms with Gasteiger partial charge in [-0.05, 0) is 31.5 Å². The van der Waals surface area contributed by atoms with E-state index in [9.17, 15) is 9.50 Å². The molecule has 0 aliphatic heterocycles. The van der Waals surface area contributed by atoms with Crippen molar-refractivity contribution in [3.63, 3.8) is 0 Å². The monoisotopic (exact) mass is 245 g/mol. The van der Waals surface area contributed by atoms with E-state index >= 15 is 0 Å². The lowest BCUT2D eigenvalue weighted by Gasteiger charge is -2.18. The first-order valence-corrected chi connectivity index (χ1v) is 5.89. The number of rotatable bonds is 3. The lowest BCUT2D eigenvalue weighted by molar-refractivity contribution is 0.465. The maximum Gasteiger partial charge on any atom is 0.146 e. The highest BCUT2D eigenvalue weighted by molar-refractivity contribution is 5.54. The maximum atomic E-state index is 13.7. The molecule has 1 unspecified atom stereocenters. The van der Waals surface area contributed by atoms with Crippen LogP contribution in [0.4, 0.5) is 10.1 Å².